The predicted octanol–water partition coefficient (Wildman–Crippen LogP) is 2.69. The highest BCUT2D eigenvalue weighted by molar-refractivity contribution is 5.69. The van der Waals surface area contributed by atoms with Gasteiger partial charge in [0.25, 0.3) is 0 Å². The fourth-order valence-corrected chi connectivity index (χ4v) is 4.86. The molecule has 1 saturated carbocycles. The van der Waals surface area contributed by atoms with Gasteiger partial charge in [0.1, 0.15) is 26.4 Å². The Labute approximate surface area is 186 Å². The smallest absolute Gasteiger partial charge is 0.462 e. The molecule has 0 aromatic rings. The zero-order chi connectivity index (χ0) is 23.4. The number of ether oxygens (including phenoxy) is 6. The van der Waals surface area contributed by atoms with Crippen LogP contribution in [-0.4, -0.2) is 69.1 Å². The maximum absolute atomic E-state index is 12.2. The molecule has 2 heterocycles. The standard InChI is InChI=1S/C21H31NO10/c1-20(2)6-13(22-17(24)28-9-15-11-30-19(26)32-15)7-21(3,12-20)5-4-16(23)27-8-14-10-29-18(25)31-14/h13-15H,4-12H2,1-3H3,(H,22,24). The summed E-state index contributed by atoms with van der Waals surface area (Å²) in [6, 6.07) is -0.121. The largest absolute Gasteiger partial charge is 0.508 e. The average Bonchev–Trinajstić information content (AvgIpc) is 3.29. The Morgan fingerprint density at radius 1 is 0.969 bits per heavy atom. The number of nitrogens with one attached hydrogen (secondary N) is 1. The fourth-order valence-electron chi connectivity index (χ4n) is 4.86. The predicted molar refractivity (Wildman–Crippen MR) is 107 cm³/mol. The van der Waals surface area contributed by atoms with E-state index in [-0.39, 0.29) is 55.7 Å². The molecule has 0 spiro atoms. The summed E-state index contributed by atoms with van der Waals surface area (Å²) in [7, 11) is 0. The van der Waals surface area contributed by atoms with Crippen LogP contribution in [0.1, 0.15) is 52.9 Å². The zero-order valence-corrected chi connectivity index (χ0v) is 18.7. The first kappa shape index (κ1) is 23.9. The molecule has 180 valence electrons. The number of hydrogen-bond donors (Lipinski definition) is 1. The third-order valence-electron chi connectivity index (χ3n) is 5.83. The van der Waals surface area contributed by atoms with Crippen molar-refractivity contribution in [2.45, 2.75) is 71.1 Å². The van der Waals surface area contributed by atoms with Crippen molar-refractivity contribution in [1.82, 2.24) is 5.32 Å². The van der Waals surface area contributed by atoms with Crippen LogP contribution in [0, 0.1) is 10.8 Å². The van der Waals surface area contributed by atoms with Crippen molar-refractivity contribution < 1.29 is 47.6 Å². The van der Waals surface area contributed by atoms with Gasteiger partial charge in [-0.15, -0.1) is 0 Å². The van der Waals surface area contributed by atoms with Crippen LogP contribution in [0.3, 0.4) is 0 Å². The second kappa shape index (κ2) is 9.83. The first-order chi connectivity index (χ1) is 15.0. The Bertz CT molecular complexity index is 738. The summed E-state index contributed by atoms with van der Waals surface area (Å²) < 4.78 is 29.4. The second-order valence-electron chi connectivity index (χ2n) is 9.78. The van der Waals surface area contributed by atoms with E-state index < -0.39 is 30.6 Å². The topological polar surface area (TPSA) is 136 Å². The lowest BCUT2D eigenvalue weighted by Crippen LogP contribution is -2.47. The molecule has 3 aliphatic rings. The number of cyclic esters (lactones) is 4. The maximum atomic E-state index is 12.2. The monoisotopic (exact) mass is 457 g/mol. The van der Waals surface area contributed by atoms with E-state index in [1.807, 2.05) is 0 Å². The number of esters is 1. The minimum atomic E-state index is -0.764. The van der Waals surface area contributed by atoms with Crippen LogP contribution >= 0.6 is 0 Å². The number of rotatable bonds is 8. The summed E-state index contributed by atoms with van der Waals surface area (Å²) in [6.45, 7) is 6.41. The molecule has 4 atom stereocenters. The van der Waals surface area contributed by atoms with E-state index in [1.54, 1.807) is 0 Å². The number of amides is 1. The lowest BCUT2D eigenvalue weighted by Gasteiger charge is -2.46. The molecular weight excluding hydrogens is 426 g/mol. The third kappa shape index (κ3) is 7.16. The van der Waals surface area contributed by atoms with E-state index in [2.05, 4.69) is 35.6 Å². The quantitative estimate of drug-likeness (QED) is 0.428. The van der Waals surface area contributed by atoms with Gasteiger partial charge < -0.3 is 33.7 Å². The molecule has 1 N–H and O–H groups in total. The molecule has 3 rings (SSSR count). The summed E-state index contributed by atoms with van der Waals surface area (Å²) in [6.07, 6.45) is -0.0730. The summed E-state index contributed by atoms with van der Waals surface area (Å²) in [4.78, 5) is 46.3. The number of hydrogen-bond acceptors (Lipinski definition) is 10. The van der Waals surface area contributed by atoms with Gasteiger partial charge in [0.05, 0.1) is 0 Å². The van der Waals surface area contributed by atoms with Crippen molar-refractivity contribution in [3.63, 3.8) is 0 Å². The van der Waals surface area contributed by atoms with Crippen molar-refractivity contribution in [2.75, 3.05) is 26.4 Å². The summed E-state index contributed by atoms with van der Waals surface area (Å²) in [5.41, 5.74) is -0.227. The van der Waals surface area contributed by atoms with Crippen LogP contribution in [0.2, 0.25) is 0 Å². The number of carbonyl (C=O) groups excluding carboxylic acids is 4. The van der Waals surface area contributed by atoms with E-state index in [0.29, 0.717) is 12.8 Å². The fraction of sp³-hybridized carbons (Fsp3) is 0.810. The lowest BCUT2D eigenvalue weighted by molar-refractivity contribution is -0.147. The first-order valence-electron chi connectivity index (χ1n) is 10.8. The van der Waals surface area contributed by atoms with Crippen LogP contribution in [0.15, 0.2) is 0 Å². The van der Waals surface area contributed by atoms with E-state index in [1.165, 1.54) is 0 Å². The van der Waals surface area contributed by atoms with Gasteiger partial charge >= 0.3 is 24.4 Å². The Kier molecular flexibility index (Phi) is 7.35. The summed E-state index contributed by atoms with van der Waals surface area (Å²) >= 11 is 0. The second-order valence-corrected chi connectivity index (χ2v) is 9.78. The van der Waals surface area contributed by atoms with Crippen LogP contribution in [0.5, 0.6) is 0 Å². The van der Waals surface area contributed by atoms with Gasteiger partial charge in [-0.1, -0.05) is 20.8 Å². The highest BCUT2D eigenvalue weighted by atomic mass is 16.8. The molecule has 2 saturated heterocycles. The van der Waals surface area contributed by atoms with Gasteiger partial charge in [0.2, 0.25) is 0 Å². The molecule has 0 bridgehead atoms. The van der Waals surface area contributed by atoms with Crippen LogP contribution < -0.4 is 5.32 Å². The minimum Gasteiger partial charge on any atom is -0.462 e. The molecule has 0 radical (unpaired) electrons. The lowest BCUT2D eigenvalue weighted by atomic mass is 9.61. The van der Waals surface area contributed by atoms with Gasteiger partial charge in [-0.3, -0.25) is 4.79 Å². The minimum absolute atomic E-state index is 0.0237. The van der Waals surface area contributed by atoms with Gasteiger partial charge in [-0.2, -0.15) is 0 Å². The molecule has 4 unspecified atom stereocenters. The van der Waals surface area contributed by atoms with Gasteiger partial charge in [0, 0.05) is 12.5 Å². The van der Waals surface area contributed by atoms with E-state index in [9.17, 15) is 19.2 Å². The van der Waals surface area contributed by atoms with Crippen molar-refractivity contribution in [3.8, 4) is 0 Å². The van der Waals surface area contributed by atoms with Crippen LogP contribution in [0.25, 0.3) is 0 Å². The van der Waals surface area contributed by atoms with E-state index >= 15 is 0 Å². The van der Waals surface area contributed by atoms with Crippen molar-refractivity contribution >= 4 is 24.4 Å². The molecule has 11 heteroatoms. The summed E-state index contributed by atoms with van der Waals surface area (Å²) in [5, 5.41) is 2.90. The van der Waals surface area contributed by atoms with Crippen LogP contribution in [-0.2, 0) is 33.2 Å². The third-order valence-corrected chi connectivity index (χ3v) is 5.83. The Morgan fingerprint density at radius 3 is 2.12 bits per heavy atom. The van der Waals surface area contributed by atoms with Crippen LogP contribution in [0.4, 0.5) is 14.4 Å². The Morgan fingerprint density at radius 2 is 1.56 bits per heavy atom. The summed E-state index contributed by atoms with van der Waals surface area (Å²) in [5.74, 6) is -0.366. The molecule has 1 amide bonds. The van der Waals surface area contributed by atoms with E-state index in [4.69, 9.17) is 18.9 Å². The van der Waals surface area contributed by atoms with Crippen molar-refractivity contribution in [2.24, 2.45) is 10.8 Å². The molecule has 32 heavy (non-hydrogen) atoms. The molecular formula is C21H31NO10. The zero-order valence-electron chi connectivity index (χ0n) is 18.7. The highest BCUT2D eigenvalue weighted by Crippen LogP contribution is 2.48. The average molecular weight is 457 g/mol. The SMILES string of the molecule is CC1(C)CC(NC(=O)OCC2COC(=O)O2)CC(C)(CCC(=O)OCC2COC(=O)O2)C1. The molecule has 11 nitrogen and oxygen atoms in total. The normalized spacial score (nSPS) is 31.0. The van der Waals surface area contributed by atoms with Gasteiger partial charge in [-0.25, -0.2) is 14.4 Å². The van der Waals surface area contributed by atoms with Gasteiger partial charge in [-0.05, 0) is 36.5 Å². The Balaban J connectivity index is 1.43. The number of alkyl carbamates (subject to hydrolysis) is 1. The molecule has 1 aliphatic carbocycles. The van der Waals surface area contributed by atoms with Crippen molar-refractivity contribution in [1.29, 1.82) is 0 Å². The molecule has 3 fully saturated rings. The molecule has 0 aromatic carbocycles. The molecule has 0 aromatic heterocycles. The maximum Gasteiger partial charge on any atom is 0.508 e. The highest BCUT2D eigenvalue weighted by Gasteiger charge is 2.42. The number of carbonyl (C=O) groups is 4. The molecule has 2 aliphatic heterocycles. The van der Waals surface area contributed by atoms with Gasteiger partial charge in [0.15, 0.2) is 12.2 Å². The van der Waals surface area contributed by atoms with E-state index in [0.717, 1.165) is 12.8 Å². The van der Waals surface area contributed by atoms with Crippen molar-refractivity contribution in [3.05, 3.63) is 0 Å². The first-order valence-corrected chi connectivity index (χ1v) is 10.8. The Hall–Kier alpha value is -2.72.